The van der Waals surface area contributed by atoms with Crippen molar-refractivity contribution in [2.24, 2.45) is 0 Å². The number of hydrogen-bond donors (Lipinski definition) is 2. The minimum absolute atomic E-state index is 0. The van der Waals surface area contributed by atoms with Crippen molar-refractivity contribution < 1.29 is 9.90 Å². The first kappa shape index (κ1) is 29.5. The number of amides is 1. The SMILES string of the molecule is C[C@@H]1C[C@@H](O)c2ncnc(N3CCN(C(=O)[C@@H](c4cccc5ccccc45)[C@@H]4CCC(C)(C)N4)CC3)c21.Cl.Cl. The van der Waals surface area contributed by atoms with Gasteiger partial charge in [0.2, 0.25) is 5.91 Å². The first-order chi connectivity index (χ1) is 17.8. The van der Waals surface area contributed by atoms with E-state index in [1.165, 1.54) is 5.39 Å². The largest absolute Gasteiger partial charge is 0.387 e. The van der Waals surface area contributed by atoms with Gasteiger partial charge in [0.15, 0.2) is 0 Å². The molecule has 1 amide bonds. The molecule has 0 spiro atoms. The molecule has 0 saturated carbocycles. The van der Waals surface area contributed by atoms with Gasteiger partial charge in [-0.1, -0.05) is 49.4 Å². The Morgan fingerprint density at radius 1 is 1.05 bits per heavy atom. The Balaban J connectivity index is 0.00000176. The number of aliphatic hydroxyl groups is 1. The van der Waals surface area contributed by atoms with Gasteiger partial charge in [-0.2, -0.15) is 0 Å². The first-order valence-corrected chi connectivity index (χ1v) is 13.6. The van der Waals surface area contributed by atoms with Crippen molar-refractivity contribution in [3.8, 4) is 0 Å². The van der Waals surface area contributed by atoms with Crippen molar-refractivity contribution >= 4 is 47.3 Å². The van der Waals surface area contributed by atoms with Crippen LogP contribution in [0.4, 0.5) is 5.82 Å². The molecule has 2 aromatic carbocycles. The number of piperazine rings is 1. The summed E-state index contributed by atoms with van der Waals surface area (Å²) in [5.74, 6) is 1.14. The lowest BCUT2D eigenvalue weighted by Crippen LogP contribution is -2.53. The number of fused-ring (bicyclic) bond motifs is 2. The fourth-order valence-electron chi connectivity index (χ4n) is 6.75. The second-order valence-corrected chi connectivity index (χ2v) is 11.7. The molecular formula is C30H39Cl2N5O2. The van der Waals surface area contributed by atoms with Crippen LogP contribution < -0.4 is 10.2 Å². The van der Waals surface area contributed by atoms with Crippen LogP contribution in [0.2, 0.25) is 0 Å². The number of halogens is 2. The molecule has 39 heavy (non-hydrogen) atoms. The lowest BCUT2D eigenvalue weighted by atomic mass is 9.85. The maximum atomic E-state index is 14.3. The molecule has 2 N–H and O–H groups in total. The highest BCUT2D eigenvalue weighted by molar-refractivity contribution is 5.93. The number of hydrogen-bond acceptors (Lipinski definition) is 6. The van der Waals surface area contributed by atoms with Crippen LogP contribution in [0, 0.1) is 0 Å². The summed E-state index contributed by atoms with van der Waals surface area (Å²) in [5.41, 5.74) is 2.99. The van der Waals surface area contributed by atoms with Crippen LogP contribution in [0.25, 0.3) is 10.8 Å². The van der Waals surface area contributed by atoms with Crippen LogP contribution >= 0.6 is 24.8 Å². The summed E-state index contributed by atoms with van der Waals surface area (Å²) in [4.78, 5) is 27.6. The van der Waals surface area contributed by atoms with Gasteiger partial charge in [0.1, 0.15) is 12.1 Å². The van der Waals surface area contributed by atoms with Gasteiger partial charge in [0.05, 0.1) is 17.7 Å². The maximum Gasteiger partial charge on any atom is 0.231 e. The zero-order chi connectivity index (χ0) is 25.7. The molecule has 1 aliphatic carbocycles. The Morgan fingerprint density at radius 3 is 2.49 bits per heavy atom. The molecule has 3 aliphatic rings. The number of carbonyl (C=O) groups is 1. The average Bonchev–Trinajstić information content (AvgIpc) is 3.41. The lowest BCUT2D eigenvalue weighted by molar-refractivity contribution is -0.133. The number of aliphatic hydroxyl groups excluding tert-OH is 1. The summed E-state index contributed by atoms with van der Waals surface area (Å²) >= 11 is 0. The summed E-state index contributed by atoms with van der Waals surface area (Å²) in [6.45, 7) is 9.36. The van der Waals surface area contributed by atoms with Crippen LogP contribution in [0.15, 0.2) is 48.8 Å². The molecular weight excluding hydrogens is 533 g/mol. The van der Waals surface area contributed by atoms with E-state index < -0.39 is 6.10 Å². The van der Waals surface area contributed by atoms with Crippen molar-refractivity contribution in [1.82, 2.24) is 20.2 Å². The van der Waals surface area contributed by atoms with Crippen LogP contribution in [0.3, 0.4) is 0 Å². The standard InChI is InChI=1S/C30H37N5O2.2ClH/c1-19-17-24(36)27-25(19)28(32-18-31-27)34-13-15-35(16-14-34)29(37)26(23-11-12-30(2,3)33-23)22-10-6-8-20-7-4-5-9-21(20)22;;/h4-10,18-19,23-24,26,33,36H,11-17H2,1-3H3;2*1H/t19-,23+,24-,26+;;/m1../s1. The van der Waals surface area contributed by atoms with E-state index in [1.54, 1.807) is 6.33 Å². The van der Waals surface area contributed by atoms with Gasteiger partial charge >= 0.3 is 0 Å². The van der Waals surface area contributed by atoms with Gasteiger partial charge in [0.25, 0.3) is 0 Å². The van der Waals surface area contributed by atoms with E-state index in [2.05, 4.69) is 88.3 Å². The third-order valence-corrected chi connectivity index (χ3v) is 8.65. The Kier molecular flexibility index (Phi) is 8.76. The molecule has 4 atom stereocenters. The minimum Gasteiger partial charge on any atom is -0.387 e. The number of nitrogens with zero attached hydrogens (tertiary/aromatic N) is 4. The molecule has 2 fully saturated rings. The first-order valence-electron chi connectivity index (χ1n) is 13.6. The van der Waals surface area contributed by atoms with Crippen molar-refractivity contribution in [2.45, 2.75) is 69.6 Å². The predicted octanol–water partition coefficient (Wildman–Crippen LogP) is 4.98. The van der Waals surface area contributed by atoms with Crippen LogP contribution in [0.1, 0.15) is 74.8 Å². The number of nitrogens with one attached hydrogen (secondary N) is 1. The van der Waals surface area contributed by atoms with Gasteiger partial charge < -0.3 is 20.2 Å². The number of carbonyl (C=O) groups excluding carboxylic acids is 1. The third kappa shape index (κ3) is 5.47. The maximum absolute atomic E-state index is 14.3. The zero-order valence-electron chi connectivity index (χ0n) is 22.8. The number of benzene rings is 2. The van der Waals surface area contributed by atoms with Gasteiger partial charge in [-0.3, -0.25) is 4.79 Å². The van der Waals surface area contributed by atoms with E-state index in [4.69, 9.17) is 0 Å². The quantitative estimate of drug-likeness (QED) is 0.459. The summed E-state index contributed by atoms with van der Waals surface area (Å²) in [6.07, 6.45) is 3.79. The number of aromatic nitrogens is 2. The lowest BCUT2D eigenvalue weighted by Gasteiger charge is -2.39. The Bertz CT molecular complexity index is 1320. The Hall–Kier alpha value is -2.45. The van der Waals surface area contributed by atoms with Crippen LogP contribution in [-0.4, -0.2) is 63.6 Å². The molecule has 0 bridgehead atoms. The van der Waals surface area contributed by atoms with Crippen molar-refractivity contribution in [2.75, 3.05) is 31.1 Å². The van der Waals surface area contributed by atoms with E-state index in [-0.39, 0.29) is 54.1 Å². The van der Waals surface area contributed by atoms with Crippen LogP contribution in [-0.2, 0) is 4.79 Å². The smallest absolute Gasteiger partial charge is 0.231 e. The second-order valence-electron chi connectivity index (χ2n) is 11.7. The highest BCUT2D eigenvalue weighted by Crippen LogP contribution is 2.43. The zero-order valence-corrected chi connectivity index (χ0v) is 24.5. The van der Waals surface area contributed by atoms with Crippen molar-refractivity contribution in [1.29, 1.82) is 0 Å². The number of anilines is 1. The molecule has 3 aromatic rings. The predicted molar refractivity (Wildman–Crippen MR) is 160 cm³/mol. The minimum atomic E-state index is -0.515. The molecule has 210 valence electrons. The second kappa shape index (κ2) is 11.6. The number of rotatable bonds is 4. The summed E-state index contributed by atoms with van der Waals surface area (Å²) in [7, 11) is 0. The molecule has 6 rings (SSSR count). The fraction of sp³-hybridized carbons (Fsp3) is 0.500. The highest BCUT2D eigenvalue weighted by atomic mass is 35.5. The average molecular weight is 573 g/mol. The van der Waals surface area contributed by atoms with Crippen molar-refractivity contribution in [3.63, 3.8) is 0 Å². The summed E-state index contributed by atoms with van der Waals surface area (Å²) in [6, 6.07) is 14.9. The molecule has 7 nitrogen and oxygen atoms in total. The molecule has 2 aliphatic heterocycles. The molecule has 9 heteroatoms. The summed E-state index contributed by atoms with van der Waals surface area (Å²) in [5, 5.41) is 16.5. The normalized spacial score (nSPS) is 24.6. The third-order valence-electron chi connectivity index (χ3n) is 8.65. The van der Waals surface area contributed by atoms with E-state index in [9.17, 15) is 9.90 Å². The molecule has 0 unspecified atom stereocenters. The molecule has 2 saturated heterocycles. The molecule has 1 aromatic heterocycles. The van der Waals surface area contributed by atoms with Gasteiger partial charge in [0, 0.05) is 43.3 Å². The topological polar surface area (TPSA) is 81.6 Å². The summed E-state index contributed by atoms with van der Waals surface area (Å²) < 4.78 is 0. The van der Waals surface area contributed by atoms with Gasteiger partial charge in [-0.05, 0) is 55.4 Å². The fourth-order valence-corrected chi connectivity index (χ4v) is 6.75. The van der Waals surface area contributed by atoms with E-state index in [0.29, 0.717) is 19.5 Å². The highest BCUT2D eigenvalue weighted by Gasteiger charge is 2.42. The Labute approximate surface area is 243 Å². The van der Waals surface area contributed by atoms with E-state index >= 15 is 0 Å². The van der Waals surface area contributed by atoms with Gasteiger partial charge in [-0.25, -0.2) is 9.97 Å². The monoisotopic (exact) mass is 571 g/mol. The van der Waals surface area contributed by atoms with Gasteiger partial charge in [-0.15, -0.1) is 24.8 Å². The van der Waals surface area contributed by atoms with Crippen LogP contribution in [0.5, 0.6) is 0 Å². The van der Waals surface area contributed by atoms with E-state index in [0.717, 1.165) is 54.0 Å². The molecule has 3 heterocycles. The molecule has 0 radical (unpaired) electrons. The van der Waals surface area contributed by atoms with E-state index in [1.807, 2.05) is 0 Å². The van der Waals surface area contributed by atoms with Crippen molar-refractivity contribution in [3.05, 3.63) is 65.6 Å². The Morgan fingerprint density at radius 2 is 1.77 bits per heavy atom.